The molecule has 2 fully saturated rings. The lowest BCUT2D eigenvalue weighted by Crippen LogP contribution is -2.43. The van der Waals surface area contributed by atoms with Gasteiger partial charge in [0.1, 0.15) is 5.69 Å². The van der Waals surface area contributed by atoms with Crippen LogP contribution < -0.4 is 10.7 Å². The van der Waals surface area contributed by atoms with Crippen LogP contribution in [0.4, 0.5) is 19.1 Å². The van der Waals surface area contributed by atoms with Crippen molar-refractivity contribution in [1.82, 2.24) is 19.4 Å². The molecule has 3 aromatic rings. The number of benzene rings is 1. The maximum Gasteiger partial charge on any atom is 0.260 e. The Kier molecular flexibility index (Phi) is 8.11. The number of likely N-dealkylation sites (tertiary alicyclic amines) is 1. The van der Waals surface area contributed by atoms with Crippen molar-refractivity contribution in [3.63, 3.8) is 0 Å². The van der Waals surface area contributed by atoms with E-state index in [4.69, 9.17) is 16.3 Å². The number of nitrogens with one attached hydrogen (secondary N) is 1. The second kappa shape index (κ2) is 11.3. The van der Waals surface area contributed by atoms with Crippen molar-refractivity contribution in [3.05, 3.63) is 50.7 Å². The van der Waals surface area contributed by atoms with Crippen LogP contribution in [0.3, 0.4) is 0 Å². The number of piperidine rings is 1. The molecule has 2 aromatic heterocycles. The van der Waals surface area contributed by atoms with E-state index in [1.54, 1.807) is 17.9 Å². The number of hydrogen-bond donors (Lipinski definition) is 2. The van der Waals surface area contributed by atoms with E-state index in [2.05, 4.69) is 15.3 Å². The highest BCUT2D eigenvalue weighted by molar-refractivity contribution is 6.34. The Morgan fingerprint density at radius 1 is 1.32 bits per heavy atom. The molecule has 0 unspecified atom stereocenters. The molecular formula is C28H33ClF3N5O3. The molecule has 0 bridgehead atoms. The Hall–Kier alpha value is -2.73. The Morgan fingerprint density at radius 2 is 2.10 bits per heavy atom. The van der Waals surface area contributed by atoms with Gasteiger partial charge in [-0.15, -0.1) is 0 Å². The second-order valence-electron chi connectivity index (χ2n) is 11.0. The molecule has 8 nitrogen and oxygen atoms in total. The molecule has 2 N–H and O–H groups in total. The predicted molar refractivity (Wildman–Crippen MR) is 148 cm³/mol. The molecule has 2 aliphatic rings. The molecule has 0 saturated carbocycles. The highest BCUT2D eigenvalue weighted by Crippen LogP contribution is 2.35. The van der Waals surface area contributed by atoms with Crippen molar-refractivity contribution in [1.29, 1.82) is 0 Å². The summed E-state index contributed by atoms with van der Waals surface area (Å²) >= 11 is 6.62. The monoisotopic (exact) mass is 579 g/mol. The summed E-state index contributed by atoms with van der Waals surface area (Å²) in [4.78, 5) is 23.6. The minimum atomic E-state index is -2.77. The van der Waals surface area contributed by atoms with Gasteiger partial charge in [0, 0.05) is 47.8 Å². The Labute approximate surface area is 235 Å². The summed E-state index contributed by atoms with van der Waals surface area (Å²) in [6.45, 7) is 6.55. The van der Waals surface area contributed by atoms with Gasteiger partial charge in [-0.05, 0) is 52.3 Å². The van der Waals surface area contributed by atoms with E-state index in [0.717, 1.165) is 6.20 Å². The molecule has 5 rings (SSSR count). The summed E-state index contributed by atoms with van der Waals surface area (Å²) in [5.74, 6) is -3.36. The zero-order chi connectivity index (χ0) is 28.8. The number of aliphatic hydroxyl groups is 1. The number of aliphatic hydroxyl groups excluding tert-OH is 1. The molecular weight excluding hydrogens is 547 g/mol. The third kappa shape index (κ3) is 5.70. The van der Waals surface area contributed by atoms with E-state index in [1.807, 2.05) is 18.4 Å². The highest BCUT2D eigenvalue weighted by Gasteiger charge is 2.35. The number of halogens is 4. The van der Waals surface area contributed by atoms with E-state index < -0.39 is 17.8 Å². The fourth-order valence-corrected chi connectivity index (χ4v) is 5.90. The molecule has 2 saturated heterocycles. The van der Waals surface area contributed by atoms with Crippen molar-refractivity contribution < 1.29 is 23.0 Å². The zero-order valence-electron chi connectivity index (χ0n) is 22.7. The fraction of sp³-hybridized carbons (Fsp3) is 0.536. The molecule has 0 radical (unpaired) electrons. The fourth-order valence-electron chi connectivity index (χ4n) is 5.64. The van der Waals surface area contributed by atoms with Crippen molar-refractivity contribution in [2.24, 2.45) is 0 Å². The lowest BCUT2D eigenvalue weighted by molar-refractivity contribution is -0.0666. The summed E-state index contributed by atoms with van der Waals surface area (Å²) in [5.41, 5.74) is 1.56. The molecule has 2 atom stereocenters. The van der Waals surface area contributed by atoms with Gasteiger partial charge in [0.15, 0.2) is 11.2 Å². The van der Waals surface area contributed by atoms with E-state index in [1.165, 1.54) is 6.07 Å². The van der Waals surface area contributed by atoms with Crippen LogP contribution in [0.15, 0.2) is 23.1 Å². The van der Waals surface area contributed by atoms with Crippen LogP contribution in [-0.4, -0.2) is 68.9 Å². The standard InChI is InChI=1S/C28H33ClF3N5O3/c1-15(2)37-22-10-17(25-20(30)11-33-27(35-25)34-21-5-8-40-13-24(21)38)19(29)9-18(22)26(39)16(3)23(37)12-36-7-4-6-28(31,32)14-36/h9-11,15,21,24,38H,4-8,12-14H2,1-3H3,(H,33,34,35)/t21-,24-/m1/s1. The number of fused-ring (bicyclic) bond motifs is 1. The van der Waals surface area contributed by atoms with Crippen LogP contribution in [0.1, 0.15) is 50.4 Å². The first-order chi connectivity index (χ1) is 18.9. The smallest absolute Gasteiger partial charge is 0.260 e. The molecule has 4 heterocycles. The van der Waals surface area contributed by atoms with Gasteiger partial charge in [-0.25, -0.2) is 23.1 Å². The Balaban J connectivity index is 1.61. The summed E-state index contributed by atoms with van der Waals surface area (Å²) in [7, 11) is 0. The van der Waals surface area contributed by atoms with Gasteiger partial charge < -0.3 is 19.7 Å². The van der Waals surface area contributed by atoms with Crippen LogP contribution in [0.25, 0.3) is 22.2 Å². The van der Waals surface area contributed by atoms with E-state index in [9.17, 15) is 18.7 Å². The van der Waals surface area contributed by atoms with E-state index in [-0.39, 0.29) is 65.9 Å². The molecule has 0 spiro atoms. The number of pyridine rings is 1. The van der Waals surface area contributed by atoms with Crippen molar-refractivity contribution in [2.75, 3.05) is 31.6 Å². The van der Waals surface area contributed by atoms with Crippen molar-refractivity contribution in [3.8, 4) is 11.3 Å². The maximum atomic E-state index is 15.1. The van der Waals surface area contributed by atoms with Gasteiger partial charge in [-0.3, -0.25) is 9.69 Å². The lowest BCUT2D eigenvalue weighted by atomic mass is 10.0. The van der Waals surface area contributed by atoms with E-state index in [0.29, 0.717) is 48.2 Å². The molecule has 1 aromatic carbocycles. The average molecular weight is 580 g/mol. The normalized spacial score (nSPS) is 21.7. The number of rotatable bonds is 6. The molecule has 12 heteroatoms. The van der Waals surface area contributed by atoms with E-state index >= 15 is 4.39 Å². The van der Waals surface area contributed by atoms with Gasteiger partial charge in [0.25, 0.3) is 5.92 Å². The molecule has 0 amide bonds. The van der Waals surface area contributed by atoms with Gasteiger partial charge in [-0.1, -0.05) is 11.6 Å². The summed E-state index contributed by atoms with van der Waals surface area (Å²) in [5, 5.41) is 13.8. The maximum absolute atomic E-state index is 15.1. The van der Waals surface area contributed by atoms with Gasteiger partial charge in [0.05, 0.1) is 42.0 Å². The third-order valence-corrected chi connectivity index (χ3v) is 7.97. The van der Waals surface area contributed by atoms with Gasteiger partial charge in [-0.2, -0.15) is 0 Å². The summed E-state index contributed by atoms with van der Waals surface area (Å²) < 4.78 is 50.7. The average Bonchev–Trinajstić information content (AvgIpc) is 2.89. The predicted octanol–water partition coefficient (Wildman–Crippen LogP) is 4.93. The number of anilines is 1. The zero-order valence-corrected chi connectivity index (χ0v) is 23.4. The lowest BCUT2D eigenvalue weighted by Gasteiger charge is -2.34. The summed E-state index contributed by atoms with van der Waals surface area (Å²) in [6.07, 6.45) is 1.02. The largest absolute Gasteiger partial charge is 0.389 e. The van der Waals surface area contributed by atoms with Gasteiger partial charge in [0.2, 0.25) is 5.95 Å². The molecule has 2 aliphatic heterocycles. The topological polar surface area (TPSA) is 92.5 Å². The summed E-state index contributed by atoms with van der Waals surface area (Å²) in [6, 6.07) is 2.64. The number of hydrogen-bond acceptors (Lipinski definition) is 7. The number of alkyl halides is 2. The quantitative estimate of drug-likeness (QED) is 0.428. The Morgan fingerprint density at radius 3 is 2.80 bits per heavy atom. The first kappa shape index (κ1) is 28.8. The third-order valence-electron chi connectivity index (χ3n) is 7.66. The van der Waals surface area contributed by atoms with Crippen LogP contribution >= 0.6 is 11.6 Å². The van der Waals surface area contributed by atoms with Crippen LogP contribution in [0, 0.1) is 12.7 Å². The Bertz CT molecular complexity index is 1480. The second-order valence-corrected chi connectivity index (χ2v) is 11.4. The SMILES string of the molecule is Cc1c(CN2CCCC(F)(F)C2)n(C(C)C)c2cc(-c3nc(N[C@@H]4CCOC[C@H]4O)ncc3F)c(Cl)cc2c1=O. The van der Waals surface area contributed by atoms with Crippen LogP contribution in [0.5, 0.6) is 0 Å². The number of ether oxygens (including phenoxy) is 1. The highest BCUT2D eigenvalue weighted by atomic mass is 35.5. The molecule has 0 aliphatic carbocycles. The first-order valence-electron chi connectivity index (χ1n) is 13.5. The van der Waals surface area contributed by atoms with Crippen LogP contribution in [0.2, 0.25) is 5.02 Å². The molecule has 40 heavy (non-hydrogen) atoms. The van der Waals surface area contributed by atoms with Crippen molar-refractivity contribution >= 4 is 28.5 Å². The van der Waals surface area contributed by atoms with Gasteiger partial charge >= 0.3 is 0 Å². The number of nitrogens with zero attached hydrogens (tertiary/aromatic N) is 4. The minimum Gasteiger partial charge on any atom is -0.389 e. The number of aromatic nitrogens is 3. The minimum absolute atomic E-state index is 0.0634. The van der Waals surface area contributed by atoms with Crippen LogP contribution in [-0.2, 0) is 11.3 Å². The first-order valence-corrected chi connectivity index (χ1v) is 13.9. The van der Waals surface area contributed by atoms with Crippen molar-refractivity contribution in [2.45, 2.75) is 70.7 Å². The molecule has 216 valence electrons.